The van der Waals surface area contributed by atoms with E-state index in [0.29, 0.717) is 18.2 Å². The summed E-state index contributed by atoms with van der Waals surface area (Å²) in [4.78, 5) is 26.6. The highest BCUT2D eigenvalue weighted by Crippen LogP contribution is 2.17. The van der Waals surface area contributed by atoms with Crippen molar-refractivity contribution in [1.82, 2.24) is 25.2 Å². The molecule has 0 spiro atoms. The number of hydrogen-bond acceptors (Lipinski definition) is 6. The van der Waals surface area contributed by atoms with Gasteiger partial charge in [0.1, 0.15) is 5.69 Å². The van der Waals surface area contributed by atoms with E-state index >= 15 is 0 Å². The number of rotatable bonds is 8. The fourth-order valence-electron chi connectivity index (χ4n) is 3.46. The number of morpholine rings is 1. The molecule has 0 saturated carbocycles. The molecule has 0 unspecified atom stereocenters. The fourth-order valence-corrected chi connectivity index (χ4v) is 3.46. The summed E-state index contributed by atoms with van der Waals surface area (Å²) in [7, 11) is 0. The average Bonchev–Trinajstić information content (AvgIpc) is 3.18. The number of amides is 1. The maximum Gasteiger partial charge on any atom is 0.270 e. The number of benzene rings is 1. The number of H-pyrrole nitrogens is 1. The van der Waals surface area contributed by atoms with Crippen molar-refractivity contribution in [3.05, 3.63) is 54.0 Å². The van der Waals surface area contributed by atoms with Crippen molar-refractivity contribution in [2.45, 2.75) is 6.42 Å². The minimum absolute atomic E-state index is 0.191. The number of hydrogen-bond donors (Lipinski definition) is 3. The molecule has 1 aromatic carbocycles. The zero-order valence-electron chi connectivity index (χ0n) is 16.4. The Morgan fingerprint density at radius 1 is 1.17 bits per heavy atom. The highest BCUT2D eigenvalue weighted by atomic mass is 16.5. The van der Waals surface area contributed by atoms with Crippen LogP contribution in [0.25, 0.3) is 10.9 Å². The van der Waals surface area contributed by atoms with E-state index in [0.717, 1.165) is 51.3 Å². The number of fused-ring (bicyclic) bond motifs is 1. The van der Waals surface area contributed by atoms with Gasteiger partial charge in [0.15, 0.2) is 0 Å². The zero-order chi connectivity index (χ0) is 19.9. The number of nitrogens with one attached hydrogen (secondary N) is 3. The van der Waals surface area contributed by atoms with E-state index in [1.807, 2.05) is 24.4 Å². The Labute approximate surface area is 169 Å². The molecule has 1 fully saturated rings. The first-order chi connectivity index (χ1) is 14.3. The summed E-state index contributed by atoms with van der Waals surface area (Å²) in [6.07, 6.45) is 4.36. The van der Waals surface area contributed by atoms with E-state index in [1.54, 1.807) is 12.3 Å². The second-order valence-electron chi connectivity index (χ2n) is 7.01. The third-order valence-corrected chi connectivity index (χ3v) is 5.06. The second-order valence-corrected chi connectivity index (χ2v) is 7.01. The molecule has 0 bridgehead atoms. The van der Waals surface area contributed by atoms with Crippen LogP contribution in [0.3, 0.4) is 0 Å². The maximum absolute atomic E-state index is 12.5. The topological polar surface area (TPSA) is 95.2 Å². The number of ether oxygens (including phenoxy) is 1. The van der Waals surface area contributed by atoms with Crippen LogP contribution < -0.4 is 10.6 Å². The number of carbonyl (C=O) groups is 1. The summed E-state index contributed by atoms with van der Waals surface area (Å²) in [5.41, 5.74) is 2.67. The standard InChI is InChI=1S/C21H26N6O2/c28-20(22-7-5-16-15-25-18-4-2-1-3-17(16)18)19-6-8-23-21(26-19)24-9-10-27-11-13-29-14-12-27/h1-4,6,8,15,25H,5,7,9-14H2,(H,22,28)(H,23,24,26). The average molecular weight is 394 g/mol. The van der Waals surface area contributed by atoms with E-state index in [1.165, 1.54) is 10.9 Å². The Balaban J connectivity index is 1.25. The van der Waals surface area contributed by atoms with Crippen molar-refractivity contribution >= 4 is 22.8 Å². The quantitative estimate of drug-likeness (QED) is 0.538. The lowest BCUT2D eigenvalue weighted by molar-refractivity contribution is 0.0398. The van der Waals surface area contributed by atoms with Gasteiger partial charge in [-0.05, 0) is 24.1 Å². The van der Waals surface area contributed by atoms with Crippen LogP contribution in [0, 0.1) is 0 Å². The first kappa shape index (κ1) is 19.4. The van der Waals surface area contributed by atoms with E-state index < -0.39 is 0 Å². The summed E-state index contributed by atoms with van der Waals surface area (Å²) in [6, 6.07) is 9.79. The second kappa shape index (κ2) is 9.49. The van der Waals surface area contributed by atoms with Crippen molar-refractivity contribution in [2.75, 3.05) is 51.3 Å². The molecule has 3 N–H and O–H groups in total. The third kappa shape index (κ3) is 5.10. The molecular weight excluding hydrogens is 368 g/mol. The van der Waals surface area contributed by atoms with Crippen LogP contribution in [0.4, 0.5) is 5.95 Å². The number of aromatic amines is 1. The van der Waals surface area contributed by atoms with Gasteiger partial charge < -0.3 is 20.4 Å². The molecule has 8 nitrogen and oxygen atoms in total. The molecule has 3 aromatic rings. The molecule has 29 heavy (non-hydrogen) atoms. The van der Waals surface area contributed by atoms with Gasteiger partial charge in [-0.25, -0.2) is 9.97 Å². The van der Waals surface area contributed by atoms with Crippen LogP contribution in [0.15, 0.2) is 42.7 Å². The molecular formula is C21H26N6O2. The molecule has 1 aliphatic rings. The molecule has 8 heteroatoms. The van der Waals surface area contributed by atoms with Crippen molar-refractivity contribution in [3.8, 4) is 0 Å². The first-order valence-corrected chi connectivity index (χ1v) is 10.00. The lowest BCUT2D eigenvalue weighted by Gasteiger charge is -2.26. The Bertz CT molecular complexity index is 951. The molecule has 1 saturated heterocycles. The van der Waals surface area contributed by atoms with Crippen molar-refractivity contribution in [2.24, 2.45) is 0 Å². The van der Waals surface area contributed by atoms with Crippen LogP contribution in [-0.4, -0.2) is 71.7 Å². The molecule has 2 aromatic heterocycles. The van der Waals surface area contributed by atoms with Gasteiger partial charge in [0.25, 0.3) is 5.91 Å². The highest BCUT2D eigenvalue weighted by molar-refractivity contribution is 5.92. The number of aromatic nitrogens is 3. The van der Waals surface area contributed by atoms with Gasteiger partial charge in [0, 0.05) is 56.0 Å². The van der Waals surface area contributed by atoms with E-state index in [-0.39, 0.29) is 5.91 Å². The Morgan fingerprint density at radius 2 is 2.03 bits per heavy atom. The molecule has 1 aliphatic heterocycles. The minimum Gasteiger partial charge on any atom is -0.379 e. The Kier molecular flexibility index (Phi) is 6.33. The van der Waals surface area contributed by atoms with Gasteiger partial charge in [-0.15, -0.1) is 0 Å². The highest BCUT2D eigenvalue weighted by Gasteiger charge is 2.11. The largest absolute Gasteiger partial charge is 0.379 e. The number of nitrogens with zero attached hydrogens (tertiary/aromatic N) is 3. The third-order valence-electron chi connectivity index (χ3n) is 5.06. The Morgan fingerprint density at radius 3 is 2.93 bits per heavy atom. The monoisotopic (exact) mass is 394 g/mol. The first-order valence-electron chi connectivity index (χ1n) is 10.00. The van der Waals surface area contributed by atoms with Crippen LogP contribution >= 0.6 is 0 Å². The van der Waals surface area contributed by atoms with Crippen molar-refractivity contribution in [3.63, 3.8) is 0 Å². The van der Waals surface area contributed by atoms with E-state index in [2.05, 4.69) is 36.6 Å². The molecule has 152 valence electrons. The Hall–Kier alpha value is -2.97. The normalized spacial score (nSPS) is 14.8. The summed E-state index contributed by atoms with van der Waals surface area (Å²) < 4.78 is 5.35. The van der Waals surface area contributed by atoms with Crippen LogP contribution in [0.2, 0.25) is 0 Å². The lowest BCUT2D eigenvalue weighted by atomic mass is 10.1. The lowest BCUT2D eigenvalue weighted by Crippen LogP contribution is -2.39. The van der Waals surface area contributed by atoms with Crippen LogP contribution in [0.1, 0.15) is 16.1 Å². The number of anilines is 1. The molecule has 1 amide bonds. The fraction of sp³-hybridized carbons (Fsp3) is 0.381. The molecule has 0 radical (unpaired) electrons. The number of para-hydroxylation sites is 1. The SMILES string of the molecule is O=C(NCCc1c[nH]c2ccccc12)c1ccnc(NCCN2CCOCC2)n1. The van der Waals surface area contributed by atoms with E-state index in [4.69, 9.17) is 4.74 Å². The summed E-state index contributed by atoms with van der Waals surface area (Å²) in [5.74, 6) is 0.283. The van der Waals surface area contributed by atoms with Crippen molar-refractivity contribution < 1.29 is 9.53 Å². The van der Waals surface area contributed by atoms with Gasteiger partial charge >= 0.3 is 0 Å². The van der Waals surface area contributed by atoms with Crippen LogP contribution in [-0.2, 0) is 11.2 Å². The van der Waals surface area contributed by atoms with Gasteiger partial charge in [0.2, 0.25) is 5.95 Å². The van der Waals surface area contributed by atoms with Gasteiger partial charge in [-0.1, -0.05) is 18.2 Å². The van der Waals surface area contributed by atoms with Crippen molar-refractivity contribution in [1.29, 1.82) is 0 Å². The summed E-state index contributed by atoms with van der Waals surface area (Å²) in [6.45, 7) is 5.63. The molecule has 4 rings (SSSR count). The summed E-state index contributed by atoms with van der Waals surface area (Å²) in [5, 5.41) is 7.33. The zero-order valence-corrected chi connectivity index (χ0v) is 16.4. The van der Waals surface area contributed by atoms with Gasteiger partial charge in [0.05, 0.1) is 13.2 Å². The minimum atomic E-state index is -0.191. The maximum atomic E-state index is 12.5. The molecule has 0 atom stereocenters. The molecule has 0 aliphatic carbocycles. The van der Waals surface area contributed by atoms with Gasteiger partial charge in [-0.3, -0.25) is 9.69 Å². The van der Waals surface area contributed by atoms with Gasteiger partial charge in [-0.2, -0.15) is 0 Å². The molecule has 3 heterocycles. The van der Waals surface area contributed by atoms with Crippen LogP contribution in [0.5, 0.6) is 0 Å². The van der Waals surface area contributed by atoms with E-state index in [9.17, 15) is 4.79 Å². The predicted octanol–water partition coefficient (Wildman–Crippen LogP) is 1.67. The smallest absolute Gasteiger partial charge is 0.270 e. The summed E-state index contributed by atoms with van der Waals surface area (Å²) >= 11 is 0. The number of carbonyl (C=O) groups excluding carboxylic acids is 1. The predicted molar refractivity (Wildman–Crippen MR) is 112 cm³/mol.